The van der Waals surface area contributed by atoms with Gasteiger partial charge in [0.25, 0.3) is 5.91 Å². The van der Waals surface area contributed by atoms with Crippen LogP contribution in [0, 0.1) is 11.3 Å². The summed E-state index contributed by atoms with van der Waals surface area (Å²) in [5, 5.41) is 14.1. The molecule has 1 aromatic carbocycles. The van der Waals surface area contributed by atoms with Gasteiger partial charge in [-0.1, -0.05) is 12.1 Å². The van der Waals surface area contributed by atoms with Gasteiger partial charge >= 0.3 is 0 Å². The van der Waals surface area contributed by atoms with Crippen molar-refractivity contribution in [1.29, 1.82) is 5.26 Å². The molecule has 2 amide bonds. The molecular weight excluding hydrogens is 282 g/mol. The minimum Gasteiger partial charge on any atom is -0.459 e. The van der Waals surface area contributed by atoms with E-state index in [9.17, 15) is 9.59 Å². The van der Waals surface area contributed by atoms with Gasteiger partial charge in [-0.05, 0) is 29.8 Å². The van der Waals surface area contributed by atoms with E-state index in [2.05, 4.69) is 10.6 Å². The SMILES string of the molecule is N#Cc1cccc(CNC(=O)CCNC(=O)c2ccco2)c1. The minimum atomic E-state index is -0.348. The molecule has 1 aromatic heterocycles. The van der Waals surface area contributed by atoms with Crippen LogP contribution in [0.3, 0.4) is 0 Å². The first-order chi connectivity index (χ1) is 10.7. The van der Waals surface area contributed by atoms with E-state index in [4.69, 9.17) is 9.68 Å². The summed E-state index contributed by atoms with van der Waals surface area (Å²) in [7, 11) is 0. The number of furan rings is 1. The third kappa shape index (κ3) is 4.49. The minimum absolute atomic E-state index is 0.171. The van der Waals surface area contributed by atoms with E-state index in [1.165, 1.54) is 6.26 Å². The van der Waals surface area contributed by atoms with Gasteiger partial charge in [-0.2, -0.15) is 5.26 Å². The summed E-state index contributed by atoms with van der Waals surface area (Å²) in [6, 6.07) is 12.2. The Hall–Kier alpha value is -3.07. The molecule has 0 bridgehead atoms. The molecule has 1 heterocycles. The van der Waals surface area contributed by atoms with Gasteiger partial charge in [-0.25, -0.2) is 0 Å². The van der Waals surface area contributed by atoms with Crippen molar-refractivity contribution in [2.75, 3.05) is 6.54 Å². The highest BCUT2D eigenvalue weighted by atomic mass is 16.3. The molecule has 0 aliphatic carbocycles. The molecule has 0 spiro atoms. The van der Waals surface area contributed by atoms with Crippen molar-refractivity contribution in [2.45, 2.75) is 13.0 Å². The van der Waals surface area contributed by atoms with E-state index in [0.717, 1.165) is 5.56 Å². The number of nitrogens with zero attached hydrogens (tertiary/aromatic N) is 1. The Labute approximate surface area is 127 Å². The molecule has 112 valence electrons. The van der Waals surface area contributed by atoms with Gasteiger partial charge in [-0.3, -0.25) is 9.59 Å². The Morgan fingerprint density at radius 2 is 2.05 bits per heavy atom. The summed E-state index contributed by atoms with van der Waals surface area (Å²) in [5.74, 6) is -0.310. The maximum Gasteiger partial charge on any atom is 0.286 e. The van der Waals surface area contributed by atoms with Crippen molar-refractivity contribution in [3.8, 4) is 6.07 Å². The van der Waals surface area contributed by atoms with Crippen LogP contribution in [0.2, 0.25) is 0 Å². The van der Waals surface area contributed by atoms with Crippen LogP contribution in [-0.4, -0.2) is 18.4 Å². The van der Waals surface area contributed by atoms with Crippen molar-refractivity contribution in [2.24, 2.45) is 0 Å². The molecule has 0 saturated heterocycles. The van der Waals surface area contributed by atoms with E-state index >= 15 is 0 Å². The number of benzene rings is 1. The number of amides is 2. The van der Waals surface area contributed by atoms with Crippen LogP contribution in [0.4, 0.5) is 0 Å². The summed E-state index contributed by atoms with van der Waals surface area (Å²) in [4.78, 5) is 23.3. The van der Waals surface area contributed by atoms with Crippen LogP contribution in [0.1, 0.15) is 28.1 Å². The number of carbonyl (C=O) groups is 2. The molecular formula is C16H15N3O3. The fraction of sp³-hybridized carbons (Fsp3) is 0.188. The quantitative estimate of drug-likeness (QED) is 0.846. The first kappa shape index (κ1) is 15.3. The zero-order valence-corrected chi connectivity index (χ0v) is 11.8. The third-order valence-corrected chi connectivity index (χ3v) is 2.93. The molecule has 0 atom stereocenters. The van der Waals surface area contributed by atoms with Gasteiger partial charge in [0.05, 0.1) is 17.9 Å². The van der Waals surface area contributed by atoms with Gasteiger partial charge in [0.15, 0.2) is 5.76 Å². The molecule has 6 heteroatoms. The fourth-order valence-electron chi connectivity index (χ4n) is 1.82. The van der Waals surface area contributed by atoms with Crippen LogP contribution in [-0.2, 0) is 11.3 Å². The third-order valence-electron chi connectivity index (χ3n) is 2.93. The highest BCUT2D eigenvalue weighted by molar-refractivity contribution is 5.91. The summed E-state index contributed by atoms with van der Waals surface area (Å²) >= 11 is 0. The molecule has 0 aliphatic heterocycles. The second kappa shape index (κ2) is 7.64. The topological polar surface area (TPSA) is 95.1 Å². The number of rotatable bonds is 6. The molecule has 0 unspecified atom stereocenters. The van der Waals surface area contributed by atoms with Gasteiger partial charge in [-0.15, -0.1) is 0 Å². The first-order valence-corrected chi connectivity index (χ1v) is 6.76. The highest BCUT2D eigenvalue weighted by Gasteiger charge is 2.08. The average molecular weight is 297 g/mol. The summed E-state index contributed by atoms with van der Waals surface area (Å²) in [6.45, 7) is 0.573. The Bertz CT molecular complexity index is 687. The lowest BCUT2D eigenvalue weighted by Crippen LogP contribution is -2.30. The molecule has 0 aliphatic rings. The molecule has 2 aromatic rings. The Morgan fingerprint density at radius 1 is 1.18 bits per heavy atom. The second-order valence-corrected chi connectivity index (χ2v) is 4.57. The molecule has 0 saturated carbocycles. The van der Waals surface area contributed by atoms with Crippen LogP contribution in [0.15, 0.2) is 47.1 Å². The van der Waals surface area contributed by atoms with Crippen molar-refractivity contribution in [3.63, 3.8) is 0 Å². The van der Waals surface area contributed by atoms with Crippen molar-refractivity contribution >= 4 is 11.8 Å². The van der Waals surface area contributed by atoms with Gasteiger partial charge in [0.1, 0.15) is 0 Å². The predicted molar refractivity (Wildman–Crippen MR) is 78.7 cm³/mol. The summed E-state index contributed by atoms with van der Waals surface area (Å²) in [6.07, 6.45) is 1.58. The molecule has 0 radical (unpaired) electrons. The zero-order chi connectivity index (χ0) is 15.8. The Morgan fingerprint density at radius 3 is 2.77 bits per heavy atom. The molecule has 2 N–H and O–H groups in total. The van der Waals surface area contributed by atoms with Crippen LogP contribution >= 0.6 is 0 Å². The second-order valence-electron chi connectivity index (χ2n) is 4.57. The van der Waals surface area contributed by atoms with E-state index in [1.807, 2.05) is 12.1 Å². The number of nitriles is 1. The molecule has 6 nitrogen and oxygen atoms in total. The lowest BCUT2D eigenvalue weighted by molar-refractivity contribution is -0.121. The molecule has 2 rings (SSSR count). The monoisotopic (exact) mass is 297 g/mol. The Kier molecular flexibility index (Phi) is 5.32. The predicted octanol–water partition coefficient (Wildman–Crippen LogP) is 1.59. The number of hydrogen-bond acceptors (Lipinski definition) is 4. The maximum absolute atomic E-state index is 11.7. The van der Waals surface area contributed by atoms with E-state index in [0.29, 0.717) is 12.1 Å². The largest absolute Gasteiger partial charge is 0.459 e. The van der Waals surface area contributed by atoms with Gasteiger partial charge in [0.2, 0.25) is 5.91 Å². The van der Waals surface area contributed by atoms with Gasteiger partial charge < -0.3 is 15.1 Å². The van der Waals surface area contributed by atoms with Crippen molar-refractivity contribution < 1.29 is 14.0 Å². The van der Waals surface area contributed by atoms with Gasteiger partial charge in [0, 0.05) is 19.5 Å². The maximum atomic E-state index is 11.7. The standard InChI is InChI=1S/C16H15N3O3/c17-10-12-3-1-4-13(9-12)11-19-15(20)6-7-18-16(21)14-5-2-8-22-14/h1-5,8-9H,6-7,11H2,(H,18,21)(H,19,20). The van der Waals surface area contributed by atoms with Crippen molar-refractivity contribution in [1.82, 2.24) is 10.6 Å². The first-order valence-electron chi connectivity index (χ1n) is 6.76. The number of nitrogens with one attached hydrogen (secondary N) is 2. The van der Waals surface area contributed by atoms with E-state index in [1.54, 1.807) is 30.3 Å². The number of hydrogen-bond donors (Lipinski definition) is 2. The van der Waals surface area contributed by atoms with Crippen molar-refractivity contribution in [3.05, 3.63) is 59.5 Å². The lowest BCUT2D eigenvalue weighted by atomic mass is 10.1. The summed E-state index contributed by atoms with van der Waals surface area (Å²) in [5.41, 5.74) is 1.41. The molecule has 0 fully saturated rings. The van der Waals surface area contributed by atoms with Crippen LogP contribution < -0.4 is 10.6 Å². The smallest absolute Gasteiger partial charge is 0.286 e. The Balaban J connectivity index is 1.70. The lowest BCUT2D eigenvalue weighted by Gasteiger charge is -2.06. The van der Waals surface area contributed by atoms with Crippen LogP contribution in [0.25, 0.3) is 0 Å². The number of carbonyl (C=O) groups excluding carboxylic acids is 2. The molecule has 22 heavy (non-hydrogen) atoms. The normalized spacial score (nSPS) is 9.77. The van der Waals surface area contributed by atoms with E-state index < -0.39 is 0 Å². The van der Waals surface area contributed by atoms with Crippen LogP contribution in [0.5, 0.6) is 0 Å². The van der Waals surface area contributed by atoms with E-state index in [-0.39, 0.29) is 30.5 Å². The zero-order valence-electron chi connectivity index (χ0n) is 11.8. The highest BCUT2D eigenvalue weighted by Crippen LogP contribution is 2.03. The fourth-order valence-corrected chi connectivity index (χ4v) is 1.82. The summed E-state index contributed by atoms with van der Waals surface area (Å²) < 4.78 is 4.94. The average Bonchev–Trinajstić information content (AvgIpc) is 3.07.